The topological polar surface area (TPSA) is 81.4 Å². The van der Waals surface area contributed by atoms with Crippen molar-refractivity contribution in [1.29, 1.82) is 5.26 Å². The molecule has 2 aliphatic rings. The number of nitriles is 1. The summed E-state index contributed by atoms with van der Waals surface area (Å²) in [6, 6.07) is 5.67. The van der Waals surface area contributed by atoms with Gasteiger partial charge in [-0.3, -0.25) is 0 Å². The van der Waals surface area contributed by atoms with Crippen molar-refractivity contribution in [3.63, 3.8) is 0 Å². The van der Waals surface area contributed by atoms with Crippen LogP contribution in [0.4, 0.5) is 17.6 Å². The van der Waals surface area contributed by atoms with Crippen LogP contribution in [0.5, 0.6) is 0 Å². The summed E-state index contributed by atoms with van der Waals surface area (Å²) in [5.41, 5.74) is 0.471. The molecule has 0 amide bonds. The second kappa shape index (κ2) is 7.94. The van der Waals surface area contributed by atoms with Crippen LogP contribution < -0.4 is 14.7 Å². The van der Waals surface area contributed by atoms with Gasteiger partial charge in [0, 0.05) is 51.7 Å². The van der Waals surface area contributed by atoms with Gasteiger partial charge in [-0.15, -0.1) is 0 Å². The second-order valence-electron chi connectivity index (χ2n) is 6.43. The molecule has 0 bridgehead atoms. The molecule has 0 saturated carbocycles. The van der Waals surface area contributed by atoms with E-state index in [0.717, 1.165) is 56.9 Å². The van der Waals surface area contributed by atoms with Crippen LogP contribution in [0.3, 0.4) is 0 Å². The normalized spacial score (nSPS) is 17.7. The van der Waals surface area contributed by atoms with Gasteiger partial charge in [-0.2, -0.15) is 10.2 Å². The van der Waals surface area contributed by atoms with Gasteiger partial charge >= 0.3 is 0 Å². The molecule has 0 N–H and O–H groups in total. The van der Waals surface area contributed by atoms with Crippen LogP contribution in [0.25, 0.3) is 0 Å². The summed E-state index contributed by atoms with van der Waals surface area (Å²) in [5, 5.41) is 9.46. The number of pyridine rings is 1. The van der Waals surface area contributed by atoms with Crippen molar-refractivity contribution in [2.24, 2.45) is 0 Å². The van der Waals surface area contributed by atoms with E-state index < -0.39 is 0 Å². The number of nitrogens with zero attached hydrogens (tertiary/aromatic N) is 7. The highest BCUT2D eigenvalue weighted by atomic mass is 35.5. The van der Waals surface area contributed by atoms with E-state index in [9.17, 15) is 0 Å². The van der Waals surface area contributed by atoms with Crippen molar-refractivity contribution < 1.29 is 4.74 Å². The van der Waals surface area contributed by atoms with Crippen molar-refractivity contribution >= 4 is 29.2 Å². The quantitative estimate of drug-likeness (QED) is 0.787. The van der Waals surface area contributed by atoms with Crippen LogP contribution in [0.15, 0.2) is 24.5 Å². The number of piperazine rings is 1. The van der Waals surface area contributed by atoms with E-state index in [1.807, 2.05) is 12.3 Å². The first kappa shape index (κ1) is 17.8. The maximum atomic E-state index is 8.95. The molecule has 0 radical (unpaired) electrons. The van der Waals surface area contributed by atoms with Gasteiger partial charge in [0.05, 0.1) is 23.8 Å². The molecular formula is C18H20ClN7O. The Morgan fingerprint density at radius 2 is 1.74 bits per heavy atom. The molecule has 2 aromatic rings. The lowest BCUT2D eigenvalue weighted by Gasteiger charge is -2.36. The molecule has 9 heteroatoms. The van der Waals surface area contributed by atoms with E-state index in [2.05, 4.69) is 30.7 Å². The number of anilines is 3. The molecule has 2 aromatic heterocycles. The zero-order valence-corrected chi connectivity index (χ0v) is 15.6. The van der Waals surface area contributed by atoms with Gasteiger partial charge in [-0.25, -0.2) is 9.97 Å². The highest BCUT2D eigenvalue weighted by Gasteiger charge is 2.22. The van der Waals surface area contributed by atoms with Gasteiger partial charge in [-0.05, 0) is 12.1 Å². The largest absolute Gasteiger partial charge is 0.378 e. The molecule has 4 heterocycles. The number of hydrogen-bond acceptors (Lipinski definition) is 8. The first-order valence-corrected chi connectivity index (χ1v) is 9.33. The third-order valence-electron chi connectivity index (χ3n) is 4.78. The Bertz CT molecular complexity index is 842. The van der Waals surface area contributed by atoms with E-state index >= 15 is 0 Å². The minimum atomic E-state index is 0.471. The van der Waals surface area contributed by atoms with Crippen LogP contribution in [0.2, 0.25) is 5.02 Å². The van der Waals surface area contributed by atoms with Gasteiger partial charge in [0.2, 0.25) is 5.95 Å². The number of morpholine rings is 1. The average Bonchev–Trinajstić information content (AvgIpc) is 2.74. The van der Waals surface area contributed by atoms with Gasteiger partial charge in [0.25, 0.3) is 0 Å². The Hall–Kier alpha value is -2.63. The summed E-state index contributed by atoms with van der Waals surface area (Å²) in [7, 11) is 0. The van der Waals surface area contributed by atoms with Crippen molar-refractivity contribution in [1.82, 2.24) is 15.0 Å². The number of halogens is 1. The van der Waals surface area contributed by atoms with Crippen molar-refractivity contribution in [2.75, 3.05) is 67.2 Å². The van der Waals surface area contributed by atoms with Gasteiger partial charge < -0.3 is 19.4 Å². The lowest BCUT2D eigenvalue weighted by molar-refractivity contribution is 0.122. The van der Waals surface area contributed by atoms with E-state index in [1.54, 1.807) is 12.3 Å². The van der Waals surface area contributed by atoms with Crippen LogP contribution in [0.1, 0.15) is 5.56 Å². The maximum Gasteiger partial charge on any atom is 0.227 e. The fourth-order valence-electron chi connectivity index (χ4n) is 3.30. The van der Waals surface area contributed by atoms with Crippen molar-refractivity contribution in [3.8, 4) is 6.07 Å². The van der Waals surface area contributed by atoms with Crippen LogP contribution in [-0.2, 0) is 4.74 Å². The van der Waals surface area contributed by atoms with Gasteiger partial charge in [0.1, 0.15) is 17.7 Å². The fraction of sp³-hybridized carbons (Fsp3) is 0.444. The summed E-state index contributed by atoms with van der Waals surface area (Å²) < 4.78 is 5.40. The number of aromatic nitrogens is 3. The first-order valence-electron chi connectivity index (χ1n) is 8.96. The summed E-state index contributed by atoms with van der Waals surface area (Å²) in [6.07, 6.45) is 3.38. The molecular weight excluding hydrogens is 366 g/mol. The minimum absolute atomic E-state index is 0.471. The van der Waals surface area contributed by atoms with Gasteiger partial charge in [0.15, 0.2) is 0 Å². The van der Waals surface area contributed by atoms with E-state index in [-0.39, 0.29) is 0 Å². The Labute approximate surface area is 163 Å². The molecule has 8 nitrogen and oxygen atoms in total. The number of hydrogen-bond donors (Lipinski definition) is 0. The van der Waals surface area contributed by atoms with Crippen LogP contribution >= 0.6 is 11.6 Å². The third kappa shape index (κ3) is 3.89. The molecule has 0 aliphatic carbocycles. The zero-order chi connectivity index (χ0) is 18.6. The molecule has 0 atom stereocenters. The number of rotatable bonds is 3. The average molecular weight is 386 g/mol. The molecule has 2 saturated heterocycles. The fourth-order valence-corrected chi connectivity index (χ4v) is 3.59. The summed E-state index contributed by atoms with van der Waals surface area (Å²) in [5.74, 6) is 2.42. The Morgan fingerprint density at radius 3 is 2.44 bits per heavy atom. The molecule has 27 heavy (non-hydrogen) atoms. The molecule has 2 aliphatic heterocycles. The molecule has 4 rings (SSSR count). The molecule has 140 valence electrons. The highest BCUT2D eigenvalue weighted by Crippen LogP contribution is 2.26. The molecule has 0 spiro atoms. The van der Waals surface area contributed by atoms with Gasteiger partial charge in [-0.1, -0.05) is 11.6 Å². The highest BCUT2D eigenvalue weighted by molar-refractivity contribution is 6.33. The predicted molar refractivity (Wildman–Crippen MR) is 103 cm³/mol. The van der Waals surface area contributed by atoms with Crippen molar-refractivity contribution in [2.45, 2.75) is 0 Å². The standard InChI is InChI=1S/C18H20ClN7O/c19-15-11-14(12-20)13-22-17(15)25-5-3-24(4-6-25)16-1-2-21-18(23-16)26-7-9-27-10-8-26/h1-2,11,13H,3-10H2. The zero-order valence-electron chi connectivity index (χ0n) is 14.9. The molecule has 0 aromatic carbocycles. The van der Waals surface area contributed by atoms with Crippen LogP contribution in [-0.4, -0.2) is 67.4 Å². The van der Waals surface area contributed by atoms with E-state index in [0.29, 0.717) is 23.8 Å². The Balaban J connectivity index is 1.43. The van der Waals surface area contributed by atoms with E-state index in [1.165, 1.54) is 0 Å². The predicted octanol–water partition coefficient (Wildman–Crippen LogP) is 1.56. The lowest BCUT2D eigenvalue weighted by Crippen LogP contribution is -2.47. The van der Waals surface area contributed by atoms with E-state index in [4.69, 9.17) is 26.6 Å². The molecule has 0 unspecified atom stereocenters. The summed E-state index contributed by atoms with van der Waals surface area (Å²) in [4.78, 5) is 20.1. The maximum absolute atomic E-state index is 8.95. The van der Waals surface area contributed by atoms with Crippen LogP contribution in [0, 0.1) is 11.3 Å². The lowest BCUT2D eigenvalue weighted by atomic mass is 10.2. The monoisotopic (exact) mass is 385 g/mol. The molecule has 2 fully saturated rings. The smallest absolute Gasteiger partial charge is 0.227 e. The summed E-state index contributed by atoms with van der Waals surface area (Å²) in [6.45, 7) is 6.27. The third-order valence-corrected chi connectivity index (χ3v) is 5.05. The second-order valence-corrected chi connectivity index (χ2v) is 6.84. The SMILES string of the molecule is N#Cc1cnc(N2CCN(c3ccnc(N4CCOCC4)n3)CC2)c(Cl)c1. The first-order chi connectivity index (χ1) is 13.2. The summed E-state index contributed by atoms with van der Waals surface area (Å²) >= 11 is 6.30. The Morgan fingerprint density at radius 1 is 1.00 bits per heavy atom. The van der Waals surface area contributed by atoms with Crippen molar-refractivity contribution in [3.05, 3.63) is 35.1 Å². The minimum Gasteiger partial charge on any atom is -0.378 e. The number of ether oxygens (including phenoxy) is 1. The Kier molecular flexibility index (Phi) is 5.23.